The number of likely N-dealkylation sites (N-methyl/N-ethyl adjacent to an activating group) is 1. The van der Waals surface area contributed by atoms with Gasteiger partial charge in [0.15, 0.2) is 0 Å². The molecule has 3 rings (SSSR count). The van der Waals surface area contributed by atoms with Gasteiger partial charge in [-0.25, -0.2) is 9.98 Å². The van der Waals surface area contributed by atoms with Crippen molar-refractivity contribution in [1.82, 2.24) is 14.8 Å². The van der Waals surface area contributed by atoms with E-state index in [0.29, 0.717) is 12.5 Å². The fourth-order valence-electron chi connectivity index (χ4n) is 3.60. The van der Waals surface area contributed by atoms with Crippen LogP contribution in [0.2, 0.25) is 0 Å². The number of pyridine rings is 1. The average molecular weight is 355 g/mol. The molecule has 0 unspecified atom stereocenters. The topological polar surface area (TPSA) is 60.8 Å². The van der Waals surface area contributed by atoms with E-state index in [4.69, 9.17) is 0 Å². The van der Waals surface area contributed by atoms with Gasteiger partial charge in [-0.3, -0.25) is 9.69 Å². The van der Waals surface area contributed by atoms with Crippen molar-refractivity contribution < 1.29 is 4.79 Å². The second-order valence-corrected chi connectivity index (χ2v) is 7.29. The van der Waals surface area contributed by atoms with Gasteiger partial charge in [0.1, 0.15) is 11.7 Å². The Kier molecular flexibility index (Phi) is 6.04. The Morgan fingerprint density at radius 2 is 2.12 bits per heavy atom. The van der Waals surface area contributed by atoms with Crippen molar-refractivity contribution in [2.75, 3.05) is 25.5 Å². The molecular formula is C20H29N5O. The molecule has 6 heteroatoms. The standard InChI is InChI=1S/C20H29N5O/c1-15-8-9-19(22-12-15)23-16(2)21-13-18-14-25(17-6-4-5-7-17)11-10-20(26)24(18)3/h8-9,12-13,17H,4-7,10-11,14H2,1-3H3,(H,21,22,23)/b18-13+. The Morgan fingerprint density at radius 3 is 2.81 bits per heavy atom. The molecule has 26 heavy (non-hydrogen) atoms. The average Bonchev–Trinajstić information content (AvgIpc) is 3.12. The van der Waals surface area contributed by atoms with Gasteiger partial charge in [0, 0.05) is 45.0 Å². The fourth-order valence-corrected chi connectivity index (χ4v) is 3.60. The minimum absolute atomic E-state index is 0.165. The van der Waals surface area contributed by atoms with E-state index in [9.17, 15) is 4.79 Å². The van der Waals surface area contributed by atoms with Crippen LogP contribution in [0.3, 0.4) is 0 Å². The van der Waals surface area contributed by atoms with E-state index in [2.05, 4.69) is 20.2 Å². The number of nitrogens with zero attached hydrogens (tertiary/aromatic N) is 4. The Bertz CT molecular complexity index is 689. The van der Waals surface area contributed by atoms with Crippen LogP contribution in [0, 0.1) is 6.92 Å². The van der Waals surface area contributed by atoms with Crippen molar-refractivity contribution in [3.8, 4) is 0 Å². The second-order valence-electron chi connectivity index (χ2n) is 7.29. The van der Waals surface area contributed by atoms with Crippen LogP contribution in [0.5, 0.6) is 0 Å². The molecule has 0 atom stereocenters. The number of rotatable bonds is 3. The Morgan fingerprint density at radius 1 is 1.35 bits per heavy atom. The highest BCUT2D eigenvalue weighted by Gasteiger charge is 2.28. The molecule has 1 N–H and O–H groups in total. The number of hydrogen-bond acceptors (Lipinski definition) is 4. The molecule has 0 spiro atoms. The number of amides is 1. The summed E-state index contributed by atoms with van der Waals surface area (Å²) < 4.78 is 0. The predicted molar refractivity (Wildman–Crippen MR) is 105 cm³/mol. The lowest BCUT2D eigenvalue weighted by Gasteiger charge is -2.27. The molecule has 1 amide bonds. The molecule has 2 fully saturated rings. The van der Waals surface area contributed by atoms with E-state index in [1.54, 1.807) is 4.90 Å². The number of amidine groups is 1. The van der Waals surface area contributed by atoms with Gasteiger partial charge in [0.05, 0.1) is 5.70 Å². The molecule has 140 valence electrons. The third-order valence-corrected chi connectivity index (χ3v) is 5.25. The van der Waals surface area contributed by atoms with Gasteiger partial charge >= 0.3 is 0 Å². The second kappa shape index (κ2) is 8.45. The Balaban J connectivity index is 1.72. The van der Waals surface area contributed by atoms with Crippen LogP contribution in [-0.4, -0.2) is 52.7 Å². The SMILES string of the molecule is CC(=N/C=C1\CN(C2CCCC2)CCC(=O)N1C)Nc1ccc(C)cn1. The number of carbonyl (C=O) groups is 1. The first kappa shape index (κ1) is 18.6. The molecule has 1 aliphatic heterocycles. The third kappa shape index (κ3) is 4.69. The molecular weight excluding hydrogens is 326 g/mol. The maximum absolute atomic E-state index is 12.3. The summed E-state index contributed by atoms with van der Waals surface area (Å²) in [6, 6.07) is 4.56. The quantitative estimate of drug-likeness (QED) is 0.668. The third-order valence-electron chi connectivity index (χ3n) is 5.25. The van der Waals surface area contributed by atoms with Crippen molar-refractivity contribution in [1.29, 1.82) is 0 Å². The first-order chi connectivity index (χ1) is 12.5. The van der Waals surface area contributed by atoms with Gasteiger partial charge in [-0.2, -0.15) is 0 Å². The minimum atomic E-state index is 0.165. The highest BCUT2D eigenvalue weighted by molar-refractivity contribution is 5.93. The van der Waals surface area contributed by atoms with Crippen LogP contribution >= 0.6 is 0 Å². The summed E-state index contributed by atoms with van der Waals surface area (Å²) in [6.07, 6.45) is 9.32. The molecule has 0 aromatic carbocycles. The van der Waals surface area contributed by atoms with E-state index < -0.39 is 0 Å². The number of aryl methyl sites for hydroxylation is 1. The maximum Gasteiger partial charge on any atom is 0.227 e. The van der Waals surface area contributed by atoms with E-state index in [1.807, 2.05) is 45.4 Å². The van der Waals surface area contributed by atoms with E-state index >= 15 is 0 Å². The summed E-state index contributed by atoms with van der Waals surface area (Å²) in [5, 5.41) is 3.19. The smallest absolute Gasteiger partial charge is 0.227 e. The van der Waals surface area contributed by atoms with Crippen LogP contribution in [0.25, 0.3) is 0 Å². The zero-order valence-corrected chi connectivity index (χ0v) is 16.0. The lowest BCUT2D eigenvalue weighted by atomic mass is 10.2. The molecule has 1 aromatic heterocycles. The van der Waals surface area contributed by atoms with Crippen molar-refractivity contribution in [2.24, 2.45) is 4.99 Å². The summed E-state index contributed by atoms with van der Waals surface area (Å²) in [7, 11) is 1.85. The highest BCUT2D eigenvalue weighted by Crippen LogP contribution is 2.26. The number of aromatic nitrogens is 1. The van der Waals surface area contributed by atoms with Crippen molar-refractivity contribution in [2.45, 2.75) is 52.0 Å². The fraction of sp³-hybridized carbons (Fsp3) is 0.550. The number of anilines is 1. The molecule has 0 radical (unpaired) electrons. The van der Waals surface area contributed by atoms with Crippen LogP contribution in [-0.2, 0) is 4.79 Å². The van der Waals surface area contributed by atoms with Crippen molar-refractivity contribution in [3.63, 3.8) is 0 Å². The molecule has 1 aromatic rings. The van der Waals surface area contributed by atoms with Crippen LogP contribution < -0.4 is 5.32 Å². The number of aliphatic imine (C=N–C) groups is 1. The summed E-state index contributed by atoms with van der Waals surface area (Å²) in [5.41, 5.74) is 2.08. The summed E-state index contributed by atoms with van der Waals surface area (Å²) in [6.45, 7) is 5.55. The van der Waals surface area contributed by atoms with Crippen molar-refractivity contribution in [3.05, 3.63) is 35.8 Å². The van der Waals surface area contributed by atoms with Gasteiger partial charge in [0.2, 0.25) is 5.91 Å². The molecule has 1 saturated heterocycles. The van der Waals surface area contributed by atoms with Gasteiger partial charge in [-0.1, -0.05) is 18.9 Å². The molecule has 2 heterocycles. The van der Waals surface area contributed by atoms with Crippen LogP contribution in [0.1, 0.15) is 44.6 Å². The highest BCUT2D eigenvalue weighted by atomic mass is 16.2. The summed E-state index contributed by atoms with van der Waals surface area (Å²) in [4.78, 5) is 25.4. The van der Waals surface area contributed by atoms with Crippen molar-refractivity contribution >= 4 is 17.6 Å². The van der Waals surface area contributed by atoms with Crippen LogP contribution in [0.15, 0.2) is 35.2 Å². The summed E-state index contributed by atoms with van der Waals surface area (Å²) >= 11 is 0. The molecule has 1 aliphatic carbocycles. The number of hydrogen-bond donors (Lipinski definition) is 1. The lowest BCUT2D eigenvalue weighted by molar-refractivity contribution is -0.127. The maximum atomic E-state index is 12.3. The minimum Gasteiger partial charge on any atom is -0.329 e. The number of nitrogens with one attached hydrogen (secondary N) is 1. The molecule has 0 bridgehead atoms. The Labute approximate surface area is 156 Å². The molecule has 1 saturated carbocycles. The van der Waals surface area contributed by atoms with Gasteiger partial charge in [-0.15, -0.1) is 0 Å². The van der Waals surface area contributed by atoms with E-state index in [-0.39, 0.29) is 5.91 Å². The molecule has 2 aliphatic rings. The van der Waals surface area contributed by atoms with Gasteiger partial charge < -0.3 is 10.2 Å². The first-order valence-corrected chi connectivity index (χ1v) is 9.46. The molecule has 6 nitrogen and oxygen atoms in total. The zero-order valence-electron chi connectivity index (χ0n) is 16.0. The monoisotopic (exact) mass is 355 g/mol. The predicted octanol–water partition coefficient (Wildman–Crippen LogP) is 3.17. The first-order valence-electron chi connectivity index (χ1n) is 9.46. The zero-order chi connectivity index (χ0) is 18.5. The normalized spacial score (nSPS) is 22.1. The van der Waals surface area contributed by atoms with Gasteiger partial charge in [0.25, 0.3) is 0 Å². The summed E-state index contributed by atoms with van der Waals surface area (Å²) in [5.74, 6) is 1.69. The van der Waals surface area contributed by atoms with Crippen LogP contribution in [0.4, 0.5) is 5.82 Å². The Hall–Kier alpha value is -2.21. The van der Waals surface area contributed by atoms with Gasteiger partial charge in [-0.05, 0) is 38.3 Å². The lowest BCUT2D eigenvalue weighted by Crippen LogP contribution is -2.35. The van der Waals surface area contributed by atoms with E-state index in [0.717, 1.165) is 36.0 Å². The number of carbonyl (C=O) groups excluding carboxylic acids is 1. The largest absolute Gasteiger partial charge is 0.329 e. The van der Waals surface area contributed by atoms with E-state index in [1.165, 1.54) is 25.7 Å².